The molecule has 3 amide bonds. The predicted molar refractivity (Wildman–Crippen MR) is 162 cm³/mol. The number of carbonyl (C=O) groups is 3. The lowest BCUT2D eigenvalue weighted by atomic mass is 9.83. The molecule has 9 nitrogen and oxygen atoms in total. The Morgan fingerprint density at radius 2 is 1.45 bits per heavy atom. The summed E-state index contributed by atoms with van der Waals surface area (Å²) in [6.07, 6.45) is 4.46. The largest absolute Gasteiger partial charge is 0.486 e. The summed E-state index contributed by atoms with van der Waals surface area (Å²) in [6.45, 7) is 6.78. The predicted octanol–water partition coefficient (Wildman–Crippen LogP) is 6.46. The van der Waals surface area contributed by atoms with E-state index in [2.05, 4.69) is 16.0 Å². The second-order valence-electron chi connectivity index (χ2n) is 11.2. The molecule has 1 fully saturated rings. The minimum atomic E-state index is -1.05. The van der Waals surface area contributed by atoms with Gasteiger partial charge >= 0.3 is 12.0 Å². The summed E-state index contributed by atoms with van der Waals surface area (Å²) >= 11 is 0. The number of fused-ring (bicyclic) bond motifs is 1. The molecule has 4 N–H and O–H groups in total. The number of ether oxygens (including phenoxy) is 2. The van der Waals surface area contributed by atoms with Gasteiger partial charge in [-0.25, -0.2) is 9.59 Å². The molecular formula is C33H37N3O6. The van der Waals surface area contributed by atoms with E-state index in [1.807, 2.05) is 51.1 Å². The Morgan fingerprint density at radius 1 is 0.810 bits per heavy atom. The molecule has 2 aliphatic rings. The molecule has 1 unspecified atom stereocenters. The fourth-order valence-corrected chi connectivity index (χ4v) is 5.96. The van der Waals surface area contributed by atoms with Crippen LogP contribution in [0.1, 0.15) is 59.2 Å². The fraction of sp³-hybridized carbons (Fsp3) is 0.364. The first-order chi connectivity index (χ1) is 20.2. The van der Waals surface area contributed by atoms with Crippen LogP contribution in [0.2, 0.25) is 0 Å². The number of hydrogen-bond donors (Lipinski definition) is 4. The molecule has 1 heterocycles. The number of hydrogen-bond acceptors (Lipinski definition) is 5. The summed E-state index contributed by atoms with van der Waals surface area (Å²) in [7, 11) is 0. The van der Waals surface area contributed by atoms with Crippen molar-refractivity contribution >= 4 is 29.3 Å². The van der Waals surface area contributed by atoms with E-state index in [9.17, 15) is 19.5 Å². The van der Waals surface area contributed by atoms with Gasteiger partial charge in [0, 0.05) is 5.69 Å². The Kier molecular flexibility index (Phi) is 8.66. The number of anilines is 2. The monoisotopic (exact) mass is 571 g/mol. The summed E-state index contributed by atoms with van der Waals surface area (Å²) < 4.78 is 11.4. The average molecular weight is 572 g/mol. The van der Waals surface area contributed by atoms with Crippen LogP contribution in [0.15, 0.2) is 48.5 Å². The van der Waals surface area contributed by atoms with Crippen LogP contribution >= 0.6 is 0 Å². The van der Waals surface area contributed by atoms with E-state index in [-0.39, 0.29) is 17.2 Å². The zero-order valence-corrected chi connectivity index (χ0v) is 24.2. The highest BCUT2D eigenvalue weighted by atomic mass is 16.6. The van der Waals surface area contributed by atoms with E-state index >= 15 is 0 Å². The van der Waals surface area contributed by atoms with Crippen LogP contribution < -0.4 is 25.4 Å². The Labute approximate surface area is 245 Å². The fourth-order valence-electron chi connectivity index (χ4n) is 5.96. The minimum Gasteiger partial charge on any atom is -0.486 e. The molecule has 0 saturated heterocycles. The first-order valence-electron chi connectivity index (χ1n) is 14.4. The van der Waals surface area contributed by atoms with Crippen molar-refractivity contribution in [1.29, 1.82) is 0 Å². The van der Waals surface area contributed by atoms with Crippen molar-refractivity contribution in [2.45, 2.75) is 58.9 Å². The zero-order valence-electron chi connectivity index (χ0n) is 24.2. The Morgan fingerprint density at radius 3 is 2.14 bits per heavy atom. The molecule has 1 aliphatic carbocycles. The first kappa shape index (κ1) is 29.0. The van der Waals surface area contributed by atoms with Crippen LogP contribution in [0.5, 0.6) is 11.5 Å². The van der Waals surface area contributed by atoms with Gasteiger partial charge in [-0.15, -0.1) is 0 Å². The van der Waals surface area contributed by atoms with Gasteiger partial charge in [0.25, 0.3) is 5.91 Å². The molecule has 5 rings (SSSR count). The number of nitrogens with one attached hydrogen (secondary N) is 3. The lowest BCUT2D eigenvalue weighted by Crippen LogP contribution is -2.46. The summed E-state index contributed by atoms with van der Waals surface area (Å²) in [5.41, 5.74) is 5.60. The smallest absolute Gasteiger partial charge is 0.326 e. The first-order valence-corrected chi connectivity index (χ1v) is 14.4. The quantitative estimate of drug-likeness (QED) is 0.258. The molecule has 0 aromatic heterocycles. The lowest BCUT2D eigenvalue weighted by molar-refractivity contribution is -0.141. The second kappa shape index (κ2) is 12.5. The molecule has 42 heavy (non-hydrogen) atoms. The highest BCUT2D eigenvalue weighted by molar-refractivity contribution is 6.08. The molecule has 0 spiro atoms. The maximum atomic E-state index is 13.6. The Balaban J connectivity index is 1.46. The van der Waals surface area contributed by atoms with Crippen LogP contribution in [-0.2, 0) is 4.79 Å². The van der Waals surface area contributed by atoms with Gasteiger partial charge in [0.05, 0.1) is 11.3 Å². The van der Waals surface area contributed by atoms with Crippen molar-refractivity contribution in [2.75, 3.05) is 23.8 Å². The minimum absolute atomic E-state index is 0.135. The normalized spacial score (nSPS) is 15.4. The molecule has 3 aromatic rings. The third kappa shape index (κ3) is 6.51. The molecule has 0 bridgehead atoms. The van der Waals surface area contributed by atoms with Crippen LogP contribution in [0.3, 0.4) is 0 Å². The number of aliphatic carboxylic acids is 1. The summed E-state index contributed by atoms with van der Waals surface area (Å²) in [5, 5.41) is 18.5. The van der Waals surface area contributed by atoms with E-state index in [1.54, 1.807) is 18.2 Å². The lowest BCUT2D eigenvalue weighted by Gasteiger charge is -2.28. The van der Waals surface area contributed by atoms with Gasteiger partial charge in [0.2, 0.25) is 0 Å². The van der Waals surface area contributed by atoms with Gasteiger partial charge in [-0.3, -0.25) is 4.79 Å². The molecule has 3 aromatic carbocycles. The van der Waals surface area contributed by atoms with Crippen LogP contribution in [0, 0.1) is 26.7 Å². The Bertz CT molecular complexity index is 1490. The Hall–Kier alpha value is -4.53. The van der Waals surface area contributed by atoms with Gasteiger partial charge < -0.3 is 30.5 Å². The molecule has 220 valence electrons. The third-order valence-corrected chi connectivity index (χ3v) is 7.98. The van der Waals surface area contributed by atoms with Crippen LogP contribution in [-0.4, -0.2) is 42.3 Å². The topological polar surface area (TPSA) is 126 Å². The third-order valence-electron chi connectivity index (χ3n) is 7.98. The van der Waals surface area contributed by atoms with Crippen molar-refractivity contribution in [3.8, 4) is 22.6 Å². The van der Waals surface area contributed by atoms with Crippen molar-refractivity contribution in [3.63, 3.8) is 0 Å². The molecule has 0 radical (unpaired) electrons. The number of amides is 3. The van der Waals surface area contributed by atoms with Gasteiger partial charge in [0.1, 0.15) is 19.3 Å². The number of carbonyl (C=O) groups excluding carboxylic acids is 2. The van der Waals surface area contributed by atoms with Crippen molar-refractivity contribution in [1.82, 2.24) is 5.32 Å². The number of benzene rings is 3. The van der Waals surface area contributed by atoms with Gasteiger partial charge in [-0.05, 0) is 86.1 Å². The summed E-state index contributed by atoms with van der Waals surface area (Å²) in [4.78, 5) is 39.0. The number of rotatable bonds is 7. The molecule has 9 heteroatoms. The average Bonchev–Trinajstić information content (AvgIpc) is 2.97. The van der Waals surface area contributed by atoms with Crippen molar-refractivity contribution in [3.05, 3.63) is 70.8 Å². The maximum Gasteiger partial charge on any atom is 0.326 e. The van der Waals surface area contributed by atoms with E-state index < -0.39 is 23.9 Å². The van der Waals surface area contributed by atoms with Gasteiger partial charge in [-0.2, -0.15) is 0 Å². The molecule has 1 saturated carbocycles. The van der Waals surface area contributed by atoms with Crippen LogP contribution in [0.4, 0.5) is 16.2 Å². The van der Waals surface area contributed by atoms with Crippen molar-refractivity contribution < 1.29 is 29.0 Å². The zero-order chi connectivity index (χ0) is 29.8. The van der Waals surface area contributed by atoms with E-state index in [1.165, 1.54) is 0 Å². The summed E-state index contributed by atoms with van der Waals surface area (Å²) in [6, 6.07) is 13.1. The van der Waals surface area contributed by atoms with E-state index in [4.69, 9.17) is 9.47 Å². The standard InChI is InChI=1S/C33H37N3O6/c1-19-15-20(2)29(21(3)16-19)36-33(40)34-26-17-23(24-10-12-27-28(18-24)42-14-13-41-27)9-11-25(26)31(37)35-30(32(38)39)22-7-5-4-6-8-22/h9-12,15-18,22,30H,4-8,13-14H2,1-3H3,(H,35,37)(H,38,39)(H2,34,36,40). The SMILES string of the molecule is Cc1cc(C)c(NC(=O)Nc2cc(-c3ccc4c(c3)OCCO4)ccc2C(=O)NC(C(=O)O)C2CCCCC2)c(C)c1. The number of urea groups is 1. The maximum absolute atomic E-state index is 13.6. The number of carboxylic acids is 1. The van der Waals surface area contributed by atoms with Gasteiger partial charge in [-0.1, -0.05) is 49.1 Å². The van der Waals surface area contributed by atoms with E-state index in [0.717, 1.165) is 59.9 Å². The van der Waals surface area contributed by atoms with Crippen LogP contribution in [0.25, 0.3) is 11.1 Å². The number of aryl methyl sites for hydroxylation is 3. The second-order valence-corrected chi connectivity index (χ2v) is 11.2. The van der Waals surface area contributed by atoms with E-state index in [0.29, 0.717) is 30.4 Å². The van der Waals surface area contributed by atoms with Gasteiger partial charge in [0.15, 0.2) is 11.5 Å². The molecular weight excluding hydrogens is 534 g/mol. The molecule has 1 aliphatic heterocycles. The highest BCUT2D eigenvalue weighted by Crippen LogP contribution is 2.36. The number of carboxylic acid groups (broad SMARTS) is 1. The molecule has 1 atom stereocenters. The van der Waals surface area contributed by atoms with Crippen molar-refractivity contribution in [2.24, 2.45) is 5.92 Å². The summed E-state index contributed by atoms with van der Waals surface area (Å²) in [5.74, 6) is -0.468. The highest BCUT2D eigenvalue weighted by Gasteiger charge is 2.31.